The molecule has 0 radical (unpaired) electrons. The Labute approximate surface area is 133 Å². The third kappa shape index (κ3) is 4.91. The molecule has 1 atom stereocenters. The van der Waals surface area contributed by atoms with E-state index in [1.165, 1.54) is 6.20 Å². The molecular formula is C13H18Cl2N4O2. The molecule has 8 heteroatoms. The third-order valence-corrected chi connectivity index (χ3v) is 3.42. The Hall–Kier alpha value is -1.24. The van der Waals surface area contributed by atoms with Crippen molar-refractivity contribution >= 4 is 29.2 Å². The van der Waals surface area contributed by atoms with Crippen LogP contribution >= 0.6 is 23.2 Å². The van der Waals surface area contributed by atoms with Crippen molar-refractivity contribution in [1.82, 2.24) is 9.88 Å². The van der Waals surface area contributed by atoms with E-state index in [0.717, 1.165) is 13.1 Å². The van der Waals surface area contributed by atoms with E-state index in [1.807, 2.05) is 11.8 Å². The van der Waals surface area contributed by atoms with Gasteiger partial charge in [-0.05, 0) is 13.0 Å². The molecule has 0 aliphatic carbocycles. The Morgan fingerprint density at radius 1 is 1.62 bits per heavy atom. The highest BCUT2D eigenvalue weighted by molar-refractivity contribution is 6.35. The van der Waals surface area contributed by atoms with Crippen molar-refractivity contribution in [2.45, 2.75) is 13.0 Å². The van der Waals surface area contributed by atoms with Gasteiger partial charge < -0.3 is 20.1 Å². The van der Waals surface area contributed by atoms with E-state index in [4.69, 9.17) is 38.4 Å². The molecule has 0 bridgehead atoms. The zero-order valence-corrected chi connectivity index (χ0v) is 13.3. The largest absolute Gasteiger partial charge is 0.475 e. The Morgan fingerprint density at radius 2 is 2.43 bits per heavy atom. The summed E-state index contributed by atoms with van der Waals surface area (Å²) in [4.78, 5) is 10.3. The molecule has 1 unspecified atom stereocenters. The van der Waals surface area contributed by atoms with Gasteiger partial charge in [0.05, 0.1) is 24.3 Å². The number of hydrogen-bond donors (Lipinski definition) is 1. The number of hydrogen-bond acceptors (Lipinski definition) is 4. The number of pyridine rings is 1. The van der Waals surface area contributed by atoms with Gasteiger partial charge in [-0.2, -0.15) is 0 Å². The number of aromatic nitrogens is 1. The van der Waals surface area contributed by atoms with Gasteiger partial charge in [0.25, 0.3) is 0 Å². The predicted octanol–water partition coefficient (Wildman–Crippen LogP) is 1.80. The zero-order chi connectivity index (χ0) is 15.2. The van der Waals surface area contributed by atoms with Crippen molar-refractivity contribution in [3.8, 4) is 5.88 Å². The van der Waals surface area contributed by atoms with Gasteiger partial charge in [-0.15, -0.1) is 0 Å². The van der Waals surface area contributed by atoms with Crippen LogP contribution in [0.2, 0.25) is 10.0 Å². The van der Waals surface area contributed by atoms with Crippen LogP contribution in [-0.4, -0.2) is 54.8 Å². The second-order valence-corrected chi connectivity index (χ2v) is 5.50. The van der Waals surface area contributed by atoms with Crippen LogP contribution in [0.3, 0.4) is 0 Å². The number of nitrogens with zero attached hydrogens (tertiary/aromatic N) is 3. The van der Waals surface area contributed by atoms with E-state index in [2.05, 4.69) is 9.98 Å². The van der Waals surface area contributed by atoms with Crippen LogP contribution in [0.5, 0.6) is 5.88 Å². The number of guanidine groups is 1. The van der Waals surface area contributed by atoms with Crippen LogP contribution in [0, 0.1) is 0 Å². The van der Waals surface area contributed by atoms with E-state index in [0.29, 0.717) is 41.6 Å². The highest BCUT2D eigenvalue weighted by Crippen LogP contribution is 2.24. The van der Waals surface area contributed by atoms with E-state index in [1.54, 1.807) is 6.07 Å². The average molecular weight is 333 g/mol. The molecule has 0 aromatic carbocycles. The van der Waals surface area contributed by atoms with E-state index in [-0.39, 0.29) is 6.10 Å². The Morgan fingerprint density at radius 3 is 3.14 bits per heavy atom. The third-order valence-electron chi connectivity index (χ3n) is 2.94. The minimum Gasteiger partial charge on any atom is -0.475 e. The number of halogens is 2. The van der Waals surface area contributed by atoms with Gasteiger partial charge in [-0.1, -0.05) is 23.2 Å². The van der Waals surface area contributed by atoms with E-state index >= 15 is 0 Å². The Balaban J connectivity index is 1.79. The van der Waals surface area contributed by atoms with Gasteiger partial charge in [-0.3, -0.25) is 0 Å². The molecule has 1 aromatic heterocycles. The normalized spacial score (nSPS) is 19.7. The predicted molar refractivity (Wildman–Crippen MR) is 83.2 cm³/mol. The van der Waals surface area contributed by atoms with Crippen LogP contribution in [0.4, 0.5) is 0 Å². The summed E-state index contributed by atoms with van der Waals surface area (Å²) in [7, 11) is 0. The molecule has 0 spiro atoms. The lowest BCUT2D eigenvalue weighted by Crippen LogP contribution is -2.48. The van der Waals surface area contributed by atoms with Crippen molar-refractivity contribution < 1.29 is 9.47 Å². The number of ether oxygens (including phenoxy) is 2. The van der Waals surface area contributed by atoms with Crippen molar-refractivity contribution in [2.75, 3.05) is 32.8 Å². The molecule has 1 saturated heterocycles. The maximum atomic E-state index is 5.95. The van der Waals surface area contributed by atoms with Crippen molar-refractivity contribution in [3.05, 3.63) is 22.3 Å². The number of morpholine rings is 1. The summed E-state index contributed by atoms with van der Waals surface area (Å²) in [6, 6.07) is 1.58. The first-order valence-corrected chi connectivity index (χ1v) is 7.42. The highest BCUT2D eigenvalue weighted by atomic mass is 35.5. The number of rotatable bonds is 4. The van der Waals surface area contributed by atoms with Gasteiger partial charge in [0, 0.05) is 19.3 Å². The smallest absolute Gasteiger partial charge is 0.232 e. The molecular weight excluding hydrogens is 315 g/mol. The maximum absolute atomic E-state index is 5.95. The first-order valence-electron chi connectivity index (χ1n) is 6.66. The lowest BCUT2D eigenvalue weighted by Gasteiger charge is -2.31. The first-order chi connectivity index (χ1) is 10.1. The molecule has 0 saturated carbocycles. The van der Waals surface area contributed by atoms with Gasteiger partial charge in [0.15, 0.2) is 5.96 Å². The summed E-state index contributed by atoms with van der Waals surface area (Å²) < 4.78 is 10.9. The van der Waals surface area contributed by atoms with Crippen LogP contribution in [0.1, 0.15) is 6.92 Å². The van der Waals surface area contributed by atoms with Crippen molar-refractivity contribution in [1.29, 1.82) is 0 Å². The molecule has 1 aliphatic heterocycles. The van der Waals surface area contributed by atoms with Gasteiger partial charge in [0.1, 0.15) is 11.6 Å². The standard InChI is InChI=1S/C13H18Cl2N4O2/c1-9-8-19(3-5-20-9)13(16)17-2-4-21-12-11(15)6-10(14)7-18-12/h6-7,9H,2-5,8H2,1H3,(H2,16,17). The van der Waals surface area contributed by atoms with Crippen molar-refractivity contribution in [3.63, 3.8) is 0 Å². The van der Waals surface area contributed by atoms with Gasteiger partial charge >= 0.3 is 0 Å². The molecule has 1 aromatic rings. The Bertz CT molecular complexity index is 513. The summed E-state index contributed by atoms with van der Waals surface area (Å²) >= 11 is 11.7. The lowest BCUT2D eigenvalue weighted by molar-refractivity contribution is 0.00528. The summed E-state index contributed by atoms with van der Waals surface area (Å²) in [5.41, 5.74) is 5.95. The summed E-state index contributed by atoms with van der Waals surface area (Å²) in [5, 5.41) is 0.845. The molecule has 2 rings (SSSR count). The van der Waals surface area contributed by atoms with Gasteiger partial charge in [-0.25, -0.2) is 9.98 Å². The molecule has 2 N–H and O–H groups in total. The SMILES string of the molecule is CC1CN(C(N)=NCCOc2ncc(Cl)cc2Cl)CCO1. The van der Waals surface area contributed by atoms with E-state index < -0.39 is 0 Å². The molecule has 1 fully saturated rings. The molecule has 116 valence electrons. The average Bonchev–Trinajstić information content (AvgIpc) is 2.45. The fourth-order valence-corrected chi connectivity index (χ4v) is 2.37. The van der Waals surface area contributed by atoms with E-state index in [9.17, 15) is 0 Å². The minimum absolute atomic E-state index is 0.167. The minimum atomic E-state index is 0.167. The Kier molecular flexibility index (Phi) is 5.90. The topological polar surface area (TPSA) is 73.0 Å². The molecule has 21 heavy (non-hydrogen) atoms. The second kappa shape index (κ2) is 7.68. The fraction of sp³-hybridized carbons (Fsp3) is 0.538. The van der Waals surface area contributed by atoms with Crippen LogP contribution in [-0.2, 0) is 4.74 Å². The van der Waals surface area contributed by atoms with Gasteiger partial charge in [0.2, 0.25) is 5.88 Å². The monoisotopic (exact) mass is 332 g/mol. The summed E-state index contributed by atoms with van der Waals surface area (Å²) in [5.74, 6) is 0.846. The van der Waals surface area contributed by atoms with Crippen molar-refractivity contribution in [2.24, 2.45) is 10.7 Å². The number of nitrogens with two attached hydrogens (primary N) is 1. The van der Waals surface area contributed by atoms with Crippen LogP contribution < -0.4 is 10.5 Å². The summed E-state index contributed by atoms with van der Waals surface area (Å²) in [6.45, 7) is 4.95. The first kappa shape index (κ1) is 16.1. The number of aliphatic imine (C=N–C) groups is 1. The molecule has 6 nitrogen and oxygen atoms in total. The fourth-order valence-electron chi connectivity index (χ4n) is 1.94. The molecule has 2 heterocycles. The molecule has 1 aliphatic rings. The van der Waals surface area contributed by atoms with Crippen LogP contribution in [0.15, 0.2) is 17.3 Å². The summed E-state index contributed by atoms with van der Waals surface area (Å²) in [6.07, 6.45) is 1.65. The highest BCUT2D eigenvalue weighted by Gasteiger charge is 2.17. The maximum Gasteiger partial charge on any atom is 0.232 e. The lowest BCUT2D eigenvalue weighted by atomic mass is 10.3. The second-order valence-electron chi connectivity index (χ2n) is 4.66. The quantitative estimate of drug-likeness (QED) is 0.517. The zero-order valence-electron chi connectivity index (χ0n) is 11.8. The van der Waals surface area contributed by atoms with Crippen LogP contribution in [0.25, 0.3) is 0 Å². The molecule has 0 amide bonds.